The number of hydrogen-bond acceptors (Lipinski definition) is 8. The van der Waals surface area contributed by atoms with Crippen molar-refractivity contribution in [1.29, 1.82) is 0 Å². The van der Waals surface area contributed by atoms with E-state index in [2.05, 4.69) is 35.3 Å². The van der Waals surface area contributed by atoms with E-state index in [9.17, 15) is 8.42 Å². The van der Waals surface area contributed by atoms with Gasteiger partial charge in [0.15, 0.2) is 5.03 Å². The smallest absolute Gasteiger partial charge is 0.259 e. The van der Waals surface area contributed by atoms with Crippen LogP contribution in [0, 0.1) is 6.92 Å². The summed E-state index contributed by atoms with van der Waals surface area (Å²) in [6.45, 7) is 2.31. The van der Waals surface area contributed by atoms with Crippen LogP contribution in [-0.4, -0.2) is 46.0 Å². The van der Waals surface area contributed by atoms with Crippen LogP contribution < -0.4 is 15.4 Å². The number of pyridine rings is 1. The van der Waals surface area contributed by atoms with Gasteiger partial charge in [0, 0.05) is 38.6 Å². The highest BCUT2D eigenvalue weighted by atomic mass is 32.2. The molecule has 0 saturated heterocycles. The minimum atomic E-state index is -3.63. The maximum atomic E-state index is 12.1. The van der Waals surface area contributed by atoms with Crippen LogP contribution in [0.15, 0.2) is 48.0 Å². The van der Waals surface area contributed by atoms with Crippen LogP contribution in [0.25, 0.3) is 0 Å². The summed E-state index contributed by atoms with van der Waals surface area (Å²) < 4.78 is 28.3. The molecule has 0 aromatic carbocycles. The van der Waals surface area contributed by atoms with Gasteiger partial charge in [-0.15, -0.1) is 0 Å². The molecule has 3 aromatic heterocycles. The van der Waals surface area contributed by atoms with Gasteiger partial charge >= 0.3 is 0 Å². The zero-order valence-corrected chi connectivity index (χ0v) is 15.7. The van der Waals surface area contributed by atoms with Crippen molar-refractivity contribution in [3.05, 3.63) is 48.8 Å². The fourth-order valence-electron chi connectivity index (χ4n) is 2.27. The van der Waals surface area contributed by atoms with E-state index < -0.39 is 10.0 Å². The highest BCUT2D eigenvalue weighted by Gasteiger charge is 2.15. The van der Waals surface area contributed by atoms with Gasteiger partial charge in [-0.2, -0.15) is 0 Å². The van der Waals surface area contributed by atoms with Crippen molar-refractivity contribution in [3.8, 4) is 0 Å². The Hall–Kier alpha value is -3.05. The SMILES string of the molecule is Cc1nc(NCCNS(=O)(=O)c2cn(C)cn2)cc(Nc2ccccn2)n1. The molecule has 0 unspecified atom stereocenters. The molecule has 0 amide bonds. The summed E-state index contributed by atoms with van der Waals surface area (Å²) in [6, 6.07) is 7.26. The van der Waals surface area contributed by atoms with Crippen LogP contribution in [-0.2, 0) is 17.1 Å². The Bertz CT molecular complexity index is 1000. The lowest BCUT2D eigenvalue weighted by atomic mass is 10.4. The third-order valence-corrected chi connectivity index (χ3v) is 4.78. The number of nitrogens with one attached hydrogen (secondary N) is 3. The predicted molar refractivity (Wildman–Crippen MR) is 101 cm³/mol. The van der Waals surface area contributed by atoms with Crippen molar-refractivity contribution >= 4 is 27.5 Å². The average molecular weight is 388 g/mol. The lowest BCUT2D eigenvalue weighted by Crippen LogP contribution is -2.29. The number of aryl methyl sites for hydroxylation is 2. The molecule has 10 nitrogen and oxygen atoms in total. The van der Waals surface area contributed by atoms with Crippen molar-refractivity contribution in [2.24, 2.45) is 7.05 Å². The first kappa shape index (κ1) is 18.7. The number of rotatable bonds is 8. The Kier molecular flexibility index (Phi) is 5.62. The van der Waals surface area contributed by atoms with Crippen LogP contribution in [0.3, 0.4) is 0 Å². The molecule has 27 heavy (non-hydrogen) atoms. The van der Waals surface area contributed by atoms with Gasteiger partial charge in [-0.05, 0) is 19.1 Å². The second-order valence-corrected chi connectivity index (χ2v) is 7.44. The summed E-state index contributed by atoms with van der Waals surface area (Å²) in [5.74, 6) is 2.42. The quantitative estimate of drug-likeness (QED) is 0.489. The van der Waals surface area contributed by atoms with Crippen LogP contribution in [0.1, 0.15) is 5.82 Å². The summed E-state index contributed by atoms with van der Waals surface area (Å²) in [4.78, 5) is 16.6. The molecule has 0 fully saturated rings. The molecule has 3 rings (SSSR count). The molecular formula is C16H20N8O2S. The van der Waals surface area contributed by atoms with Crippen molar-refractivity contribution in [3.63, 3.8) is 0 Å². The predicted octanol–water partition coefficient (Wildman–Crippen LogP) is 1.05. The fraction of sp³-hybridized carbons (Fsp3) is 0.250. The van der Waals surface area contributed by atoms with Gasteiger partial charge in [-0.3, -0.25) is 0 Å². The molecule has 142 valence electrons. The second-order valence-electron chi connectivity index (χ2n) is 5.73. The van der Waals surface area contributed by atoms with Gasteiger partial charge < -0.3 is 15.2 Å². The Balaban J connectivity index is 1.56. The van der Waals surface area contributed by atoms with Crippen LogP contribution >= 0.6 is 0 Å². The van der Waals surface area contributed by atoms with Crippen molar-refractivity contribution < 1.29 is 8.42 Å². The summed E-state index contributed by atoms with van der Waals surface area (Å²) in [5.41, 5.74) is 0. The maximum Gasteiger partial charge on any atom is 0.259 e. The lowest BCUT2D eigenvalue weighted by Gasteiger charge is -2.10. The molecule has 0 aliphatic carbocycles. The Labute approximate surface area is 157 Å². The number of anilines is 3. The van der Waals surface area contributed by atoms with E-state index in [-0.39, 0.29) is 11.6 Å². The average Bonchev–Trinajstić information content (AvgIpc) is 3.07. The molecule has 11 heteroatoms. The van der Waals surface area contributed by atoms with Crippen molar-refractivity contribution in [2.75, 3.05) is 23.7 Å². The lowest BCUT2D eigenvalue weighted by molar-refractivity contribution is 0.579. The van der Waals surface area contributed by atoms with Crippen LogP contribution in [0.2, 0.25) is 0 Å². The zero-order chi connectivity index (χ0) is 19.3. The van der Waals surface area contributed by atoms with Crippen molar-refractivity contribution in [1.82, 2.24) is 29.2 Å². The van der Waals surface area contributed by atoms with Gasteiger partial charge in [-0.25, -0.2) is 33.1 Å². The van der Waals surface area contributed by atoms with E-state index in [1.807, 2.05) is 18.2 Å². The van der Waals surface area contributed by atoms with Gasteiger partial charge in [0.05, 0.1) is 6.33 Å². The standard InChI is InChI=1S/C16H20N8O2S/c1-12-21-14(9-15(22-12)23-13-5-3-4-6-17-13)18-7-8-20-27(25,26)16-10-24(2)11-19-16/h3-6,9-11,20H,7-8H2,1-2H3,(H2,17,18,21,22,23). The molecule has 0 saturated carbocycles. The fourth-order valence-corrected chi connectivity index (χ4v) is 3.28. The summed E-state index contributed by atoms with van der Waals surface area (Å²) in [5, 5.41) is 6.17. The summed E-state index contributed by atoms with van der Waals surface area (Å²) >= 11 is 0. The van der Waals surface area contributed by atoms with Gasteiger partial charge in [0.25, 0.3) is 10.0 Å². The first-order valence-corrected chi connectivity index (χ1v) is 9.66. The summed E-state index contributed by atoms with van der Waals surface area (Å²) in [7, 11) is -1.92. The summed E-state index contributed by atoms with van der Waals surface area (Å²) in [6.07, 6.45) is 4.56. The van der Waals surface area contributed by atoms with E-state index in [1.54, 1.807) is 30.8 Å². The van der Waals surface area contributed by atoms with Gasteiger partial charge in [0.1, 0.15) is 23.3 Å². The number of sulfonamides is 1. The van der Waals surface area contributed by atoms with E-state index in [1.165, 1.54) is 12.5 Å². The number of hydrogen-bond donors (Lipinski definition) is 3. The number of aromatic nitrogens is 5. The molecule has 0 aliphatic heterocycles. The normalized spacial score (nSPS) is 11.3. The third kappa shape index (κ3) is 5.21. The third-order valence-electron chi connectivity index (χ3n) is 3.44. The molecule has 0 bridgehead atoms. The molecule has 0 atom stereocenters. The van der Waals surface area contributed by atoms with Gasteiger partial charge in [-0.1, -0.05) is 6.07 Å². The maximum absolute atomic E-state index is 12.1. The van der Waals surface area contributed by atoms with Gasteiger partial charge in [0.2, 0.25) is 0 Å². The second kappa shape index (κ2) is 8.10. The van der Waals surface area contributed by atoms with Crippen LogP contribution in [0.4, 0.5) is 17.5 Å². The highest BCUT2D eigenvalue weighted by Crippen LogP contribution is 2.15. The van der Waals surface area contributed by atoms with E-state index >= 15 is 0 Å². The minimum Gasteiger partial charge on any atom is -0.369 e. The Morgan fingerprint density at radius 2 is 1.89 bits per heavy atom. The van der Waals surface area contributed by atoms with E-state index in [4.69, 9.17) is 0 Å². The zero-order valence-electron chi connectivity index (χ0n) is 14.9. The van der Waals surface area contributed by atoms with E-state index in [0.717, 1.165) is 0 Å². The number of imidazole rings is 1. The molecule has 3 heterocycles. The monoisotopic (exact) mass is 388 g/mol. The molecule has 3 aromatic rings. The Morgan fingerprint density at radius 3 is 2.59 bits per heavy atom. The van der Waals surface area contributed by atoms with E-state index in [0.29, 0.717) is 29.8 Å². The number of nitrogens with zero attached hydrogens (tertiary/aromatic N) is 5. The molecular weight excluding hydrogens is 368 g/mol. The topological polar surface area (TPSA) is 127 Å². The Morgan fingerprint density at radius 1 is 1.07 bits per heavy atom. The molecule has 0 spiro atoms. The minimum absolute atomic E-state index is 0.00951. The van der Waals surface area contributed by atoms with Crippen molar-refractivity contribution in [2.45, 2.75) is 11.9 Å². The molecule has 3 N–H and O–H groups in total. The highest BCUT2D eigenvalue weighted by molar-refractivity contribution is 7.89. The molecule has 0 radical (unpaired) electrons. The first-order chi connectivity index (χ1) is 12.9. The largest absolute Gasteiger partial charge is 0.369 e. The first-order valence-electron chi connectivity index (χ1n) is 8.18. The molecule has 0 aliphatic rings. The van der Waals surface area contributed by atoms with Crippen LogP contribution in [0.5, 0.6) is 0 Å².